The molecule has 0 aliphatic carbocycles. The minimum atomic E-state index is -0.255. The Balaban J connectivity index is 2.07. The number of likely N-dealkylation sites (tertiary alicyclic amines) is 1. The number of carbonyl (C=O) groups is 2. The van der Waals surface area contributed by atoms with Crippen LogP contribution in [0.4, 0.5) is 0 Å². The first kappa shape index (κ1) is 15.1. The maximum absolute atomic E-state index is 12.6. The van der Waals surface area contributed by atoms with Crippen LogP contribution in [0.2, 0.25) is 0 Å². The molecule has 20 heavy (non-hydrogen) atoms. The van der Waals surface area contributed by atoms with Gasteiger partial charge in [0.25, 0.3) is 5.91 Å². The van der Waals surface area contributed by atoms with E-state index in [1.54, 1.807) is 0 Å². The number of rotatable bonds is 4. The summed E-state index contributed by atoms with van der Waals surface area (Å²) < 4.78 is 2.90. The van der Waals surface area contributed by atoms with E-state index in [9.17, 15) is 9.59 Å². The summed E-state index contributed by atoms with van der Waals surface area (Å²) in [5.74, 6) is -0.311. The van der Waals surface area contributed by atoms with E-state index in [-0.39, 0.29) is 17.7 Å². The molecule has 5 nitrogen and oxygen atoms in total. The smallest absolute Gasteiger partial charge is 0.270 e. The highest BCUT2D eigenvalue weighted by Crippen LogP contribution is 2.21. The van der Waals surface area contributed by atoms with Crippen molar-refractivity contribution in [2.24, 2.45) is 11.7 Å². The fraction of sp³-hybridized carbons (Fsp3) is 0.571. The number of carbonyl (C=O) groups excluding carboxylic acids is 2. The fourth-order valence-corrected chi connectivity index (χ4v) is 3.07. The predicted molar refractivity (Wildman–Crippen MR) is 80.2 cm³/mol. The van der Waals surface area contributed by atoms with E-state index in [1.807, 2.05) is 21.7 Å². The largest absolute Gasteiger partial charge is 0.369 e. The molecule has 1 aromatic rings. The van der Waals surface area contributed by atoms with Crippen LogP contribution in [0.3, 0.4) is 0 Å². The van der Waals surface area contributed by atoms with Gasteiger partial charge in [0.05, 0.1) is 0 Å². The van der Waals surface area contributed by atoms with E-state index in [2.05, 4.69) is 22.9 Å². The second-order valence-corrected chi connectivity index (χ2v) is 6.12. The molecule has 2 rings (SSSR count). The number of halogens is 1. The Morgan fingerprint density at radius 2 is 2.05 bits per heavy atom. The third kappa shape index (κ3) is 3.23. The number of hydrogen-bond acceptors (Lipinski definition) is 2. The topological polar surface area (TPSA) is 68.3 Å². The van der Waals surface area contributed by atoms with Crippen LogP contribution in [0.5, 0.6) is 0 Å². The van der Waals surface area contributed by atoms with E-state index >= 15 is 0 Å². The second kappa shape index (κ2) is 6.43. The number of piperidine rings is 1. The van der Waals surface area contributed by atoms with Crippen molar-refractivity contribution in [2.45, 2.75) is 32.7 Å². The highest BCUT2D eigenvalue weighted by Gasteiger charge is 2.27. The molecule has 2 heterocycles. The lowest BCUT2D eigenvalue weighted by molar-refractivity contribution is -0.123. The van der Waals surface area contributed by atoms with Crippen LogP contribution in [0.1, 0.15) is 36.7 Å². The standard InChI is InChI=1S/C14H20BrN3O2/c1-2-5-18-9-11(15)8-12(18)14(20)17-6-3-10(4-7-17)13(16)19/h8-10H,2-7H2,1H3,(H2,16,19). The number of nitrogens with two attached hydrogens (primary N) is 1. The molecule has 0 unspecified atom stereocenters. The van der Waals surface area contributed by atoms with E-state index in [0.717, 1.165) is 17.4 Å². The summed E-state index contributed by atoms with van der Waals surface area (Å²) in [5.41, 5.74) is 6.02. The lowest BCUT2D eigenvalue weighted by atomic mass is 9.96. The van der Waals surface area contributed by atoms with Crippen molar-refractivity contribution in [2.75, 3.05) is 13.1 Å². The minimum Gasteiger partial charge on any atom is -0.369 e. The monoisotopic (exact) mass is 341 g/mol. The van der Waals surface area contributed by atoms with Gasteiger partial charge >= 0.3 is 0 Å². The molecule has 0 aromatic carbocycles. The van der Waals surface area contributed by atoms with Crippen molar-refractivity contribution < 1.29 is 9.59 Å². The van der Waals surface area contributed by atoms with Gasteiger partial charge in [-0.05, 0) is 41.3 Å². The van der Waals surface area contributed by atoms with E-state index in [4.69, 9.17) is 5.73 Å². The van der Waals surface area contributed by atoms with Crippen LogP contribution in [-0.2, 0) is 11.3 Å². The lowest BCUT2D eigenvalue weighted by Gasteiger charge is -2.30. The number of hydrogen-bond donors (Lipinski definition) is 1. The minimum absolute atomic E-state index is 0.0343. The maximum Gasteiger partial charge on any atom is 0.270 e. The van der Waals surface area contributed by atoms with Crippen molar-refractivity contribution in [1.82, 2.24) is 9.47 Å². The van der Waals surface area contributed by atoms with Gasteiger partial charge < -0.3 is 15.2 Å². The molecule has 1 fully saturated rings. The molecule has 1 saturated heterocycles. The first-order valence-electron chi connectivity index (χ1n) is 6.97. The quantitative estimate of drug-likeness (QED) is 0.909. The Kier molecular flexibility index (Phi) is 4.86. The number of primary amides is 1. The first-order chi connectivity index (χ1) is 9.52. The summed E-state index contributed by atoms with van der Waals surface area (Å²) in [6, 6.07) is 1.86. The average molecular weight is 342 g/mol. The third-order valence-electron chi connectivity index (χ3n) is 3.73. The van der Waals surface area contributed by atoms with Gasteiger partial charge in [-0.1, -0.05) is 6.92 Å². The van der Waals surface area contributed by atoms with E-state index in [0.29, 0.717) is 31.6 Å². The normalized spacial score (nSPS) is 16.4. The van der Waals surface area contributed by atoms with E-state index in [1.165, 1.54) is 0 Å². The summed E-state index contributed by atoms with van der Waals surface area (Å²) in [4.78, 5) is 25.5. The number of aromatic nitrogens is 1. The van der Waals surface area contributed by atoms with Gasteiger partial charge in [-0.25, -0.2) is 0 Å². The Morgan fingerprint density at radius 1 is 1.40 bits per heavy atom. The Hall–Kier alpha value is -1.30. The van der Waals surface area contributed by atoms with Crippen LogP contribution in [0.25, 0.3) is 0 Å². The van der Waals surface area contributed by atoms with Crippen LogP contribution < -0.4 is 5.73 Å². The van der Waals surface area contributed by atoms with Crippen molar-refractivity contribution in [3.63, 3.8) is 0 Å². The highest BCUT2D eigenvalue weighted by molar-refractivity contribution is 9.10. The average Bonchev–Trinajstić information content (AvgIpc) is 2.79. The molecular formula is C14H20BrN3O2. The maximum atomic E-state index is 12.6. The van der Waals surface area contributed by atoms with Crippen LogP contribution in [-0.4, -0.2) is 34.4 Å². The summed E-state index contributed by atoms with van der Waals surface area (Å²) >= 11 is 3.42. The van der Waals surface area contributed by atoms with Gasteiger partial charge in [-0.2, -0.15) is 0 Å². The number of amides is 2. The van der Waals surface area contributed by atoms with Crippen molar-refractivity contribution in [1.29, 1.82) is 0 Å². The van der Waals surface area contributed by atoms with Gasteiger partial charge in [-0.3, -0.25) is 9.59 Å². The van der Waals surface area contributed by atoms with Crippen molar-refractivity contribution in [3.05, 3.63) is 22.4 Å². The molecule has 1 aliphatic rings. The summed E-state index contributed by atoms with van der Waals surface area (Å²) in [6.45, 7) is 4.10. The molecule has 1 aromatic heterocycles. The van der Waals surface area contributed by atoms with Crippen molar-refractivity contribution >= 4 is 27.7 Å². The predicted octanol–water partition coefficient (Wildman–Crippen LogP) is 2.00. The van der Waals surface area contributed by atoms with Gasteiger partial charge in [0, 0.05) is 36.2 Å². The molecule has 1 aliphatic heterocycles. The first-order valence-corrected chi connectivity index (χ1v) is 7.76. The second-order valence-electron chi connectivity index (χ2n) is 5.21. The zero-order chi connectivity index (χ0) is 14.7. The van der Waals surface area contributed by atoms with Crippen LogP contribution in [0, 0.1) is 5.92 Å². The lowest BCUT2D eigenvalue weighted by Crippen LogP contribution is -2.42. The van der Waals surface area contributed by atoms with Crippen molar-refractivity contribution in [3.8, 4) is 0 Å². The van der Waals surface area contributed by atoms with Crippen LogP contribution in [0.15, 0.2) is 16.7 Å². The molecule has 0 spiro atoms. The Bertz CT molecular complexity index is 505. The highest BCUT2D eigenvalue weighted by atomic mass is 79.9. The molecular weight excluding hydrogens is 322 g/mol. The van der Waals surface area contributed by atoms with Gasteiger partial charge in [-0.15, -0.1) is 0 Å². The van der Waals surface area contributed by atoms with Crippen LogP contribution >= 0.6 is 15.9 Å². The molecule has 2 amide bonds. The van der Waals surface area contributed by atoms with E-state index < -0.39 is 0 Å². The van der Waals surface area contributed by atoms with Gasteiger partial charge in [0.1, 0.15) is 5.69 Å². The van der Waals surface area contributed by atoms with Gasteiger partial charge in [0.15, 0.2) is 0 Å². The molecule has 110 valence electrons. The number of aryl methyl sites for hydroxylation is 1. The molecule has 2 N–H and O–H groups in total. The molecule has 0 atom stereocenters. The zero-order valence-electron chi connectivity index (χ0n) is 11.6. The summed E-state index contributed by atoms with van der Waals surface area (Å²) in [6.07, 6.45) is 4.24. The molecule has 0 radical (unpaired) electrons. The molecule has 0 saturated carbocycles. The molecule has 0 bridgehead atoms. The fourth-order valence-electron chi connectivity index (χ4n) is 2.61. The molecule has 6 heteroatoms. The third-order valence-corrected chi connectivity index (χ3v) is 4.17. The Labute approximate surface area is 127 Å². The zero-order valence-corrected chi connectivity index (χ0v) is 13.2. The number of nitrogens with zero attached hydrogens (tertiary/aromatic N) is 2. The summed E-state index contributed by atoms with van der Waals surface area (Å²) in [5, 5.41) is 0. The SMILES string of the molecule is CCCn1cc(Br)cc1C(=O)N1CCC(C(N)=O)CC1. The van der Waals surface area contributed by atoms with Gasteiger partial charge in [0.2, 0.25) is 5.91 Å². The Morgan fingerprint density at radius 3 is 2.60 bits per heavy atom. The summed E-state index contributed by atoms with van der Waals surface area (Å²) in [7, 11) is 0.